The van der Waals surface area contributed by atoms with E-state index in [1.165, 1.54) is 0 Å². The quantitative estimate of drug-likeness (QED) is 0.678. The maximum Gasteiger partial charge on any atom is 0.228 e. The van der Waals surface area contributed by atoms with E-state index in [2.05, 4.69) is 17.6 Å². The van der Waals surface area contributed by atoms with Gasteiger partial charge in [0.1, 0.15) is 17.2 Å². The third-order valence-electron chi connectivity index (χ3n) is 5.50. The number of piperidine rings is 1. The number of imidazole rings is 1. The van der Waals surface area contributed by atoms with Crippen LogP contribution in [0.25, 0.3) is 22.4 Å². The van der Waals surface area contributed by atoms with Crippen LogP contribution in [0.2, 0.25) is 0 Å². The number of rotatable bonds is 1. The van der Waals surface area contributed by atoms with Gasteiger partial charge in [-0.1, -0.05) is 12.1 Å². The van der Waals surface area contributed by atoms with Gasteiger partial charge in [-0.3, -0.25) is 14.3 Å². The second-order valence-electron chi connectivity index (χ2n) is 6.94. The molecule has 1 unspecified atom stereocenters. The first-order chi connectivity index (χ1) is 12.1. The van der Waals surface area contributed by atoms with Crippen molar-refractivity contribution in [3.63, 3.8) is 0 Å². The number of para-hydroxylation sites is 2. The van der Waals surface area contributed by atoms with E-state index in [4.69, 9.17) is 9.72 Å². The van der Waals surface area contributed by atoms with Crippen LogP contribution in [-0.2, 0) is 10.5 Å². The number of ether oxygens (including phenoxy) is 1. The third-order valence-corrected chi connectivity index (χ3v) is 5.50. The summed E-state index contributed by atoms with van der Waals surface area (Å²) in [5.74, 6) is 1.84. The maximum atomic E-state index is 12.9. The largest absolute Gasteiger partial charge is 0.497 e. The van der Waals surface area contributed by atoms with Crippen molar-refractivity contribution in [1.82, 2.24) is 9.55 Å². The van der Waals surface area contributed by atoms with E-state index < -0.39 is 5.66 Å². The number of carbonyl (C=O) groups excluding carboxylic acids is 1. The molecule has 3 aromatic rings. The van der Waals surface area contributed by atoms with Gasteiger partial charge in [-0.15, -0.1) is 0 Å². The zero-order valence-corrected chi connectivity index (χ0v) is 14.3. The summed E-state index contributed by atoms with van der Waals surface area (Å²) in [5.41, 5.74) is 3.46. The molecular weight excluding hydrogens is 314 g/mol. The second-order valence-corrected chi connectivity index (χ2v) is 6.94. The van der Waals surface area contributed by atoms with E-state index in [0.717, 1.165) is 46.7 Å². The third kappa shape index (κ3) is 1.78. The molecule has 1 saturated heterocycles. The van der Waals surface area contributed by atoms with Gasteiger partial charge in [-0.05, 0) is 50.1 Å². The number of hydrogen-bond acceptors (Lipinski definition) is 3. The second kappa shape index (κ2) is 4.85. The molecule has 3 heterocycles. The minimum atomic E-state index is -0.428. The van der Waals surface area contributed by atoms with Gasteiger partial charge in [-0.25, -0.2) is 4.98 Å². The van der Waals surface area contributed by atoms with Crippen molar-refractivity contribution in [2.75, 3.05) is 12.0 Å². The van der Waals surface area contributed by atoms with Crippen LogP contribution in [0.15, 0.2) is 42.5 Å². The summed E-state index contributed by atoms with van der Waals surface area (Å²) in [6.07, 6.45) is 2.39. The molecule has 5 heteroatoms. The number of fused-ring (bicyclic) bond motifs is 8. The molecule has 0 N–H and O–H groups in total. The molecule has 126 valence electrons. The van der Waals surface area contributed by atoms with Crippen molar-refractivity contribution in [3.8, 4) is 17.1 Å². The fourth-order valence-corrected chi connectivity index (χ4v) is 4.38. The van der Waals surface area contributed by atoms with E-state index in [9.17, 15) is 4.79 Å². The monoisotopic (exact) mass is 333 g/mol. The molecule has 2 aromatic carbocycles. The average Bonchev–Trinajstić information content (AvgIpc) is 3.02. The lowest BCUT2D eigenvalue weighted by atomic mass is 9.90. The van der Waals surface area contributed by atoms with Crippen LogP contribution in [0.4, 0.5) is 5.69 Å². The number of benzene rings is 2. The predicted octanol–water partition coefficient (Wildman–Crippen LogP) is 3.92. The van der Waals surface area contributed by atoms with Gasteiger partial charge in [-0.2, -0.15) is 0 Å². The number of anilines is 1. The highest BCUT2D eigenvalue weighted by molar-refractivity contribution is 6.01. The maximum absolute atomic E-state index is 12.9. The van der Waals surface area contributed by atoms with Crippen LogP contribution in [0, 0.1) is 0 Å². The van der Waals surface area contributed by atoms with Crippen molar-refractivity contribution in [1.29, 1.82) is 0 Å². The molecular formula is C20H19N3O2. The Balaban J connectivity index is 1.91. The zero-order valence-electron chi connectivity index (χ0n) is 14.3. The molecule has 0 aliphatic carbocycles. The molecule has 1 fully saturated rings. The fraction of sp³-hybridized carbons (Fsp3) is 0.300. The van der Waals surface area contributed by atoms with Crippen molar-refractivity contribution in [2.24, 2.45) is 0 Å². The Bertz CT molecular complexity index is 1020. The van der Waals surface area contributed by atoms with Crippen LogP contribution in [0.3, 0.4) is 0 Å². The summed E-state index contributed by atoms with van der Waals surface area (Å²) in [7, 11) is 1.66. The van der Waals surface area contributed by atoms with Gasteiger partial charge in [0.2, 0.25) is 5.91 Å². The SMILES string of the molecule is COc1ccc2c(c1)-c1nc3ccccc3n1C1(C)CCCC(=O)N21. The summed E-state index contributed by atoms with van der Waals surface area (Å²) in [4.78, 5) is 19.7. The van der Waals surface area contributed by atoms with E-state index in [0.29, 0.717) is 6.42 Å². The molecule has 25 heavy (non-hydrogen) atoms. The van der Waals surface area contributed by atoms with E-state index in [1.54, 1.807) is 7.11 Å². The highest BCUT2D eigenvalue weighted by Gasteiger charge is 2.47. The minimum absolute atomic E-state index is 0.170. The number of carbonyl (C=O) groups is 1. The predicted molar refractivity (Wildman–Crippen MR) is 96.7 cm³/mol. The van der Waals surface area contributed by atoms with Crippen LogP contribution < -0.4 is 9.64 Å². The molecule has 5 rings (SSSR count). The van der Waals surface area contributed by atoms with Crippen LogP contribution in [0.5, 0.6) is 5.75 Å². The highest BCUT2D eigenvalue weighted by atomic mass is 16.5. The van der Waals surface area contributed by atoms with Crippen molar-refractivity contribution in [2.45, 2.75) is 31.8 Å². The standard InChI is InChI=1S/C20H19N3O2/c1-20-11-5-8-18(24)22(20)16-10-9-13(25-2)12-14(16)19-21-15-6-3-4-7-17(15)23(19)20/h3-4,6-7,9-10,12H,5,8,11H2,1-2H3. The van der Waals surface area contributed by atoms with Crippen LogP contribution >= 0.6 is 0 Å². The Labute approximate surface area is 145 Å². The van der Waals surface area contributed by atoms with Crippen LogP contribution in [-0.4, -0.2) is 22.6 Å². The molecule has 2 aliphatic rings. The first-order valence-corrected chi connectivity index (χ1v) is 8.63. The highest BCUT2D eigenvalue weighted by Crippen LogP contribution is 2.49. The lowest BCUT2D eigenvalue weighted by Gasteiger charge is -2.49. The smallest absolute Gasteiger partial charge is 0.228 e. The molecule has 5 nitrogen and oxygen atoms in total. The Morgan fingerprint density at radius 3 is 2.88 bits per heavy atom. The van der Waals surface area contributed by atoms with Crippen molar-refractivity contribution in [3.05, 3.63) is 42.5 Å². The van der Waals surface area contributed by atoms with Gasteiger partial charge in [0.25, 0.3) is 0 Å². The molecule has 1 atom stereocenters. The molecule has 0 saturated carbocycles. The van der Waals surface area contributed by atoms with Gasteiger partial charge in [0, 0.05) is 12.0 Å². The van der Waals surface area contributed by atoms with Gasteiger partial charge in [0.15, 0.2) is 0 Å². The molecule has 0 bridgehead atoms. The zero-order chi connectivity index (χ0) is 17.2. The summed E-state index contributed by atoms with van der Waals surface area (Å²) in [6.45, 7) is 2.15. The molecule has 1 amide bonds. The van der Waals surface area contributed by atoms with E-state index in [-0.39, 0.29) is 5.91 Å². The van der Waals surface area contributed by atoms with E-state index >= 15 is 0 Å². The fourth-order valence-electron chi connectivity index (χ4n) is 4.38. The lowest BCUT2D eigenvalue weighted by molar-refractivity contribution is -0.122. The number of hydrogen-bond donors (Lipinski definition) is 0. The summed E-state index contributed by atoms with van der Waals surface area (Å²) >= 11 is 0. The normalized spacial score (nSPS) is 21.7. The first kappa shape index (κ1) is 14.5. The Morgan fingerprint density at radius 1 is 1.20 bits per heavy atom. The average molecular weight is 333 g/mol. The molecule has 0 spiro atoms. The number of nitrogens with zero attached hydrogens (tertiary/aromatic N) is 3. The van der Waals surface area contributed by atoms with Gasteiger partial charge in [0.05, 0.1) is 23.8 Å². The minimum Gasteiger partial charge on any atom is -0.497 e. The number of methoxy groups -OCH3 is 1. The number of amides is 1. The molecule has 2 aliphatic heterocycles. The van der Waals surface area contributed by atoms with Crippen molar-refractivity contribution >= 4 is 22.6 Å². The Morgan fingerprint density at radius 2 is 2.04 bits per heavy atom. The molecule has 1 aromatic heterocycles. The van der Waals surface area contributed by atoms with Crippen molar-refractivity contribution < 1.29 is 9.53 Å². The Kier molecular flexibility index (Phi) is 2.82. The Hall–Kier alpha value is -2.82. The summed E-state index contributed by atoms with van der Waals surface area (Å²) in [6, 6.07) is 14.0. The van der Waals surface area contributed by atoms with E-state index in [1.807, 2.05) is 41.3 Å². The topological polar surface area (TPSA) is 47.4 Å². The molecule has 0 radical (unpaired) electrons. The first-order valence-electron chi connectivity index (χ1n) is 8.63. The summed E-state index contributed by atoms with van der Waals surface area (Å²) < 4.78 is 7.65. The van der Waals surface area contributed by atoms with Crippen LogP contribution in [0.1, 0.15) is 26.2 Å². The number of aromatic nitrogens is 2. The summed E-state index contributed by atoms with van der Waals surface area (Å²) in [5, 5.41) is 0. The lowest BCUT2D eigenvalue weighted by Crippen LogP contribution is -2.56. The van der Waals surface area contributed by atoms with Gasteiger partial charge >= 0.3 is 0 Å². The van der Waals surface area contributed by atoms with Gasteiger partial charge < -0.3 is 4.74 Å².